The molecular formula is C15H21FN2O2. The summed E-state index contributed by atoms with van der Waals surface area (Å²) < 4.78 is 13.6. The van der Waals surface area contributed by atoms with Gasteiger partial charge in [-0.3, -0.25) is 4.79 Å². The Morgan fingerprint density at radius 1 is 1.55 bits per heavy atom. The van der Waals surface area contributed by atoms with E-state index >= 15 is 0 Å². The molecule has 1 heterocycles. The number of hydrogen-bond donors (Lipinski definition) is 2. The third kappa shape index (κ3) is 3.55. The number of carbonyl (C=O) groups is 1. The maximum atomic E-state index is 13.6. The number of aliphatic hydroxyl groups excluding tert-OH is 1. The van der Waals surface area contributed by atoms with E-state index in [1.54, 1.807) is 24.0 Å². The van der Waals surface area contributed by atoms with Crippen LogP contribution >= 0.6 is 0 Å². The highest BCUT2D eigenvalue weighted by Crippen LogP contribution is 2.13. The van der Waals surface area contributed by atoms with Gasteiger partial charge < -0.3 is 15.3 Å². The lowest BCUT2D eigenvalue weighted by molar-refractivity contribution is 0.0706. The van der Waals surface area contributed by atoms with Crippen molar-refractivity contribution in [3.8, 4) is 0 Å². The zero-order chi connectivity index (χ0) is 14.5. The lowest BCUT2D eigenvalue weighted by atomic mass is 10.1. The molecule has 2 N–H and O–H groups in total. The predicted molar refractivity (Wildman–Crippen MR) is 75.2 cm³/mol. The number of nitrogens with one attached hydrogen (secondary N) is 1. The molecular weight excluding hydrogens is 259 g/mol. The number of aryl methyl sites for hydroxylation is 1. The lowest BCUT2D eigenvalue weighted by Gasteiger charge is -2.25. The average molecular weight is 280 g/mol. The zero-order valence-corrected chi connectivity index (χ0v) is 11.7. The Morgan fingerprint density at radius 3 is 2.95 bits per heavy atom. The molecule has 1 aliphatic rings. The third-order valence-corrected chi connectivity index (χ3v) is 3.68. The van der Waals surface area contributed by atoms with Crippen LogP contribution in [0.4, 0.5) is 4.39 Å². The van der Waals surface area contributed by atoms with E-state index in [0.29, 0.717) is 17.7 Å². The molecule has 1 amide bonds. The van der Waals surface area contributed by atoms with Crippen molar-refractivity contribution >= 4 is 5.91 Å². The van der Waals surface area contributed by atoms with Gasteiger partial charge in [-0.15, -0.1) is 0 Å². The van der Waals surface area contributed by atoms with Crippen LogP contribution in [0.15, 0.2) is 18.2 Å². The number of nitrogens with zero attached hydrogens (tertiary/aromatic N) is 1. The summed E-state index contributed by atoms with van der Waals surface area (Å²) in [7, 11) is 0. The van der Waals surface area contributed by atoms with E-state index in [1.165, 1.54) is 6.07 Å². The minimum absolute atomic E-state index is 0.0905. The van der Waals surface area contributed by atoms with Crippen LogP contribution < -0.4 is 5.32 Å². The van der Waals surface area contributed by atoms with Crippen molar-refractivity contribution in [2.24, 2.45) is 0 Å². The largest absolute Gasteiger partial charge is 0.395 e. The van der Waals surface area contributed by atoms with Crippen LogP contribution in [0.5, 0.6) is 0 Å². The molecule has 1 atom stereocenters. The first-order chi connectivity index (χ1) is 9.61. The first kappa shape index (κ1) is 14.9. The van der Waals surface area contributed by atoms with Crippen molar-refractivity contribution in [2.75, 3.05) is 26.2 Å². The summed E-state index contributed by atoms with van der Waals surface area (Å²) in [5.74, 6) is -0.606. The Labute approximate surface area is 118 Å². The van der Waals surface area contributed by atoms with Crippen molar-refractivity contribution < 1.29 is 14.3 Å². The van der Waals surface area contributed by atoms with Crippen molar-refractivity contribution in [1.29, 1.82) is 0 Å². The molecule has 0 radical (unpaired) electrons. The predicted octanol–water partition coefficient (Wildman–Crippen LogP) is 1.32. The molecule has 1 aliphatic heterocycles. The first-order valence-corrected chi connectivity index (χ1v) is 7.01. The van der Waals surface area contributed by atoms with Gasteiger partial charge in [-0.25, -0.2) is 4.39 Å². The summed E-state index contributed by atoms with van der Waals surface area (Å²) in [6.07, 6.45) is 2.13. The molecule has 1 fully saturated rings. The Morgan fingerprint density at radius 2 is 2.35 bits per heavy atom. The molecule has 0 bridgehead atoms. The van der Waals surface area contributed by atoms with Gasteiger partial charge in [-0.05, 0) is 44.0 Å². The summed E-state index contributed by atoms with van der Waals surface area (Å²) in [4.78, 5) is 14.0. The van der Waals surface area contributed by atoms with Crippen LogP contribution in [0.1, 0.15) is 28.8 Å². The Kier molecular flexibility index (Phi) is 5.09. The van der Waals surface area contributed by atoms with E-state index < -0.39 is 0 Å². The highest BCUT2D eigenvalue weighted by molar-refractivity contribution is 5.94. The summed E-state index contributed by atoms with van der Waals surface area (Å²) in [5.41, 5.74) is 0.854. The third-order valence-electron chi connectivity index (χ3n) is 3.68. The van der Waals surface area contributed by atoms with E-state index in [-0.39, 0.29) is 30.9 Å². The molecule has 5 heteroatoms. The van der Waals surface area contributed by atoms with Crippen LogP contribution in [0.3, 0.4) is 0 Å². The summed E-state index contributed by atoms with van der Waals surface area (Å²) in [5, 5.41) is 12.4. The van der Waals surface area contributed by atoms with Crippen molar-refractivity contribution in [1.82, 2.24) is 10.2 Å². The number of rotatable bonds is 5. The van der Waals surface area contributed by atoms with Crippen LogP contribution in [0.2, 0.25) is 0 Å². The van der Waals surface area contributed by atoms with E-state index in [0.717, 1.165) is 19.4 Å². The smallest absolute Gasteiger partial charge is 0.254 e. The Hall–Kier alpha value is -1.46. The molecule has 1 aromatic rings. The Balaban J connectivity index is 2.10. The van der Waals surface area contributed by atoms with Crippen molar-refractivity contribution in [3.63, 3.8) is 0 Å². The zero-order valence-electron chi connectivity index (χ0n) is 11.7. The van der Waals surface area contributed by atoms with E-state index in [1.807, 2.05) is 0 Å². The van der Waals surface area contributed by atoms with Gasteiger partial charge in [0.25, 0.3) is 5.91 Å². The van der Waals surface area contributed by atoms with Gasteiger partial charge in [0.1, 0.15) is 5.82 Å². The molecule has 20 heavy (non-hydrogen) atoms. The summed E-state index contributed by atoms with van der Waals surface area (Å²) in [6.45, 7) is 3.36. The number of hydrogen-bond acceptors (Lipinski definition) is 3. The van der Waals surface area contributed by atoms with E-state index in [9.17, 15) is 9.18 Å². The fourth-order valence-corrected chi connectivity index (χ4v) is 2.48. The van der Waals surface area contributed by atoms with Gasteiger partial charge in [-0.2, -0.15) is 0 Å². The molecule has 1 aromatic carbocycles. The fraction of sp³-hybridized carbons (Fsp3) is 0.533. The molecule has 1 saturated heterocycles. The molecule has 110 valence electrons. The van der Waals surface area contributed by atoms with Gasteiger partial charge in [-0.1, -0.05) is 6.07 Å². The topological polar surface area (TPSA) is 52.6 Å². The average Bonchev–Trinajstić information content (AvgIpc) is 2.93. The molecule has 4 nitrogen and oxygen atoms in total. The maximum Gasteiger partial charge on any atom is 0.254 e. The second-order valence-corrected chi connectivity index (χ2v) is 5.23. The normalized spacial score (nSPS) is 18.2. The quantitative estimate of drug-likeness (QED) is 0.855. The Bertz CT molecular complexity index is 473. The highest BCUT2D eigenvalue weighted by Gasteiger charge is 2.22. The van der Waals surface area contributed by atoms with Gasteiger partial charge in [0.2, 0.25) is 0 Å². The number of amides is 1. The highest BCUT2D eigenvalue weighted by atomic mass is 19.1. The minimum atomic E-state index is -0.376. The number of benzene rings is 1. The SMILES string of the molecule is Cc1ccc(C(=O)N(CCO)CC2CCCN2)cc1F. The van der Waals surface area contributed by atoms with Gasteiger partial charge in [0.15, 0.2) is 0 Å². The molecule has 0 aromatic heterocycles. The molecule has 0 spiro atoms. The number of aliphatic hydroxyl groups is 1. The molecule has 1 unspecified atom stereocenters. The molecule has 0 aliphatic carbocycles. The lowest BCUT2D eigenvalue weighted by Crippen LogP contribution is -2.42. The van der Waals surface area contributed by atoms with Crippen LogP contribution in [-0.2, 0) is 0 Å². The standard InChI is InChI=1S/C15H21FN2O2/c1-11-4-5-12(9-14(11)16)15(20)18(7-8-19)10-13-3-2-6-17-13/h4-5,9,13,17,19H,2-3,6-8,10H2,1H3. The monoisotopic (exact) mass is 280 g/mol. The number of carbonyl (C=O) groups excluding carboxylic acids is 1. The maximum absolute atomic E-state index is 13.6. The van der Waals surface area contributed by atoms with Gasteiger partial charge >= 0.3 is 0 Å². The minimum Gasteiger partial charge on any atom is -0.395 e. The van der Waals surface area contributed by atoms with Crippen LogP contribution in [0.25, 0.3) is 0 Å². The first-order valence-electron chi connectivity index (χ1n) is 7.01. The van der Waals surface area contributed by atoms with Crippen molar-refractivity contribution in [2.45, 2.75) is 25.8 Å². The van der Waals surface area contributed by atoms with Crippen molar-refractivity contribution in [3.05, 3.63) is 35.1 Å². The van der Waals surface area contributed by atoms with E-state index in [4.69, 9.17) is 5.11 Å². The molecule has 0 saturated carbocycles. The summed E-state index contributed by atoms with van der Waals surface area (Å²) >= 11 is 0. The number of halogens is 1. The van der Waals surface area contributed by atoms with Gasteiger partial charge in [0, 0.05) is 24.7 Å². The molecule has 2 rings (SSSR count). The van der Waals surface area contributed by atoms with Gasteiger partial charge in [0.05, 0.1) is 6.61 Å². The van der Waals surface area contributed by atoms with Crippen LogP contribution in [-0.4, -0.2) is 48.2 Å². The fourth-order valence-electron chi connectivity index (χ4n) is 2.48. The second kappa shape index (κ2) is 6.81. The van der Waals surface area contributed by atoms with Crippen LogP contribution in [0, 0.1) is 12.7 Å². The van der Waals surface area contributed by atoms with E-state index in [2.05, 4.69) is 5.32 Å². The summed E-state index contributed by atoms with van der Waals surface area (Å²) in [6, 6.07) is 4.77. The second-order valence-electron chi connectivity index (χ2n) is 5.23.